The Balaban J connectivity index is -0.000000445. The molecule has 1 amide bonds. The van der Waals surface area contributed by atoms with Gasteiger partial charge < -0.3 is 20.3 Å². The molecule has 0 rings (SSSR count). The van der Waals surface area contributed by atoms with Crippen LogP contribution in [0.15, 0.2) is 0 Å². The molecule has 0 aliphatic carbocycles. The van der Waals surface area contributed by atoms with Crippen LogP contribution >= 0.6 is 0 Å². The minimum absolute atomic E-state index is 0.153. The van der Waals surface area contributed by atoms with Crippen LogP contribution in [-0.4, -0.2) is 42.5 Å². The SMILES string of the molecule is CCNC(=O)CCCCCCCC=O.CO.O=CO. The normalized spacial score (nSPS) is 8.16. The van der Waals surface area contributed by atoms with E-state index in [2.05, 4.69) is 5.32 Å². The average molecular weight is 277 g/mol. The number of carbonyl (C=O) groups is 3. The molecule has 0 saturated heterocycles. The first kappa shape index (κ1) is 22.7. The van der Waals surface area contributed by atoms with Gasteiger partial charge >= 0.3 is 0 Å². The minimum Gasteiger partial charge on any atom is -0.483 e. The van der Waals surface area contributed by atoms with E-state index in [4.69, 9.17) is 15.0 Å². The van der Waals surface area contributed by atoms with E-state index in [-0.39, 0.29) is 12.4 Å². The molecule has 0 unspecified atom stereocenters. The summed E-state index contributed by atoms with van der Waals surface area (Å²) in [4.78, 5) is 29.4. The fourth-order valence-electron chi connectivity index (χ4n) is 1.33. The van der Waals surface area contributed by atoms with Gasteiger partial charge in [-0.25, -0.2) is 0 Å². The first-order valence-corrected chi connectivity index (χ1v) is 6.45. The van der Waals surface area contributed by atoms with Crippen LogP contribution in [0.5, 0.6) is 0 Å². The van der Waals surface area contributed by atoms with Crippen LogP contribution in [0.3, 0.4) is 0 Å². The molecule has 0 spiro atoms. The van der Waals surface area contributed by atoms with Crippen LogP contribution in [0.25, 0.3) is 0 Å². The smallest absolute Gasteiger partial charge is 0.290 e. The van der Waals surface area contributed by atoms with E-state index in [1.54, 1.807) is 0 Å². The lowest BCUT2D eigenvalue weighted by atomic mass is 10.1. The quantitative estimate of drug-likeness (QED) is 0.436. The Labute approximate surface area is 115 Å². The van der Waals surface area contributed by atoms with E-state index < -0.39 is 0 Å². The average Bonchev–Trinajstić information content (AvgIpc) is 2.41. The van der Waals surface area contributed by atoms with Gasteiger partial charge in [0.05, 0.1) is 0 Å². The van der Waals surface area contributed by atoms with Crippen LogP contribution in [0.1, 0.15) is 51.9 Å². The standard InChI is InChI=1S/C11H21NO2.CH2O2.CH4O/c1-2-12-11(14)9-7-5-3-4-6-8-10-13;2-1-3;1-2/h10H,2-9H2,1H3,(H,12,14);1H,(H,2,3);2H,1H3. The van der Waals surface area contributed by atoms with E-state index in [9.17, 15) is 9.59 Å². The molecule has 114 valence electrons. The van der Waals surface area contributed by atoms with Crippen LogP contribution in [0.2, 0.25) is 0 Å². The fraction of sp³-hybridized carbons (Fsp3) is 0.769. The molecule has 0 heterocycles. The van der Waals surface area contributed by atoms with Crippen molar-refractivity contribution in [3.8, 4) is 0 Å². The molecule has 19 heavy (non-hydrogen) atoms. The predicted octanol–water partition coefficient (Wildman–Crippen LogP) is 1.36. The van der Waals surface area contributed by atoms with Gasteiger partial charge in [0.25, 0.3) is 6.47 Å². The summed E-state index contributed by atoms with van der Waals surface area (Å²) < 4.78 is 0. The van der Waals surface area contributed by atoms with E-state index in [0.29, 0.717) is 12.8 Å². The maximum atomic E-state index is 11.0. The number of carbonyl (C=O) groups excluding carboxylic acids is 2. The number of hydrogen-bond acceptors (Lipinski definition) is 4. The van der Waals surface area contributed by atoms with Crippen molar-refractivity contribution >= 4 is 18.7 Å². The lowest BCUT2D eigenvalue weighted by molar-refractivity contribution is -0.123. The second kappa shape index (κ2) is 25.4. The molecular weight excluding hydrogens is 250 g/mol. The van der Waals surface area contributed by atoms with Gasteiger partial charge in [-0.15, -0.1) is 0 Å². The molecule has 0 aromatic rings. The van der Waals surface area contributed by atoms with Crippen LogP contribution in [0.4, 0.5) is 0 Å². The van der Waals surface area contributed by atoms with E-state index in [0.717, 1.165) is 52.0 Å². The lowest BCUT2D eigenvalue weighted by Gasteiger charge is -2.01. The highest BCUT2D eigenvalue weighted by Crippen LogP contribution is 2.06. The van der Waals surface area contributed by atoms with Gasteiger partial charge in [-0.2, -0.15) is 0 Å². The van der Waals surface area contributed by atoms with Crippen molar-refractivity contribution in [1.29, 1.82) is 0 Å². The monoisotopic (exact) mass is 277 g/mol. The van der Waals surface area contributed by atoms with E-state index >= 15 is 0 Å². The predicted molar refractivity (Wildman–Crippen MR) is 73.9 cm³/mol. The molecule has 0 bridgehead atoms. The molecule has 0 atom stereocenters. The molecule has 0 aliphatic rings. The Morgan fingerprint density at radius 3 is 2.00 bits per heavy atom. The second-order valence-electron chi connectivity index (χ2n) is 3.53. The number of aliphatic hydroxyl groups excluding tert-OH is 1. The molecule has 0 aromatic heterocycles. The first-order valence-electron chi connectivity index (χ1n) is 6.45. The van der Waals surface area contributed by atoms with Crippen molar-refractivity contribution in [2.45, 2.75) is 51.9 Å². The molecular formula is C13H27NO5. The topological polar surface area (TPSA) is 104 Å². The molecule has 0 radical (unpaired) electrons. The highest BCUT2D eigenvalue weighted by atomic mass is 16.3. The lowest BCUT2D eigenvalue weighted by Crippen LogP contribution is -2.21. The number of aldehydes is 1. The summed E-state index contributed by atoms with van der Waals surface area (Å²) in [5, 5.41) is 16.7. The molecule has 0 aliphatic heterocycles. The van der Waals surface area contributed by atoms with Crippen molar-refractivity contribution < 1.29 is 24.6 Å². The number of nitrogens with one attached hydrogen (secondary N) is 1. The zero-order valence-electron chi connectivity index (χ0n) is 11.9. The summed E-state index contributed by atoms with van der Waals surface area (Å²) in [7, 11) is 1.00. The van der Waals surface area contributed by atoms with Crippen molar-refractivity contribution in [2.75, 3.05) is 13.7 Å². The fourth-order valence-corrected chi connectivity index (χ4v) is 1.33. The maximum absolute atomic E-state index is 11.0. The number of aliphatic hydroxyl groups is 1. The van der Waals surface area contributed by atoms with Gasteiger partial charge in [-0.1, -0.05) is 19.3 Å². The maximum Gasteiger partial charge on any atom is 0.290 e. The van der Waals surface area contributed by atoms with Gasteiger partial charge in [0.1, 0.15) is 6.29 Å². The second-order valence-corrected chi connectivity index (χ2v) is 3.53. The minimum atomic E-state index is -0.250. The Morgan fingerprint density at radius 1 is 1.05 bits per heavy atom. The third kappa shape index (κ3) is 31.5. The third-order valence-electron chi connectivity index (χ3n) is 2.10. The van der Waals surface area contributed by atoms with Crippen LogP contribution in [-0.2, 0) is 14.4 Å². The van der Waals surface area contributed by atoms with Crippen molar-refractivity contribution in [1.82, 2.24) is 5.32 Å². The van der Waals surface area contributed by atoms with E-state index in [1.807, 2.05) is 6.92 Å². The Bertz CT molecular complexity index is 197. The Morgan fingerprint density at radius 2 is 1.53 bits per heavy atom. The number of hydrogen-bond donors (Lipinski definition) is 3. The number of unbranched alkanes of at least 4 members (excludes halogenated alkanes) is 5. The summed E-state index contributed by atoms with van der Waals surface area (Å²) in [6.45, 7) is 2.40. The summed E-state index contributed by atoms with van der Waals surface area (Å²) in [5.74, 6) is 0.153. The molecule has 0 saturated carbocycles. The van der Waals surface area contributed by atoms with Gasteiger partial charge in [0, 0.05) is 26.5 Å². The summed E-state index contributed by atoms with van der Waals surface area (Å²) in [5.41, 5.74) is 0. The molecule has 6 nitrogen and oxygen atoms in total. The van der Waals surface area contributed by atoms with Crippen molar-refractivity contribution in [3.63, 3.8) is 0 Å². The van der Waals surface area contributed by atoms with Gasteiger partial charge in [0.2, 0.25) is 5.91 Å². The van der Waals surface area contributed by atoms with Gasteiger partial charge in [-0.05, 0) is 19.8 Å². The van der Waals surface area contributed by atoms with Crippen molar-refractivity contribution in [2.24, 2.45) is 0 Å². The number of carboxylic acid groups (broad SMARTS) is 1. The summed E-state index contributed by atoms with van der Waals surface area (Å²) in [6.07, 6.45) is 7.57. The zero-order chi connectivity index (χ0) is 15.4. The van der Waals surface area contributed by atoms with Crippen LogP contribution in [0, 0.1) is 0 Å². The highest BCUT2D eigenvalue weighted by Gasteiger charge is 1.98. The Kier molecular flexibility index (Phi) is 30.4. The molecule has 6 heteroatoms. The summed E-state index contributed by atoms with van der Waals surface area (Å²) >= 11 is 0. The van der Waals surface area contributed by atoms with E-state index in [1.165, 1.54) is 0 Å². The van der Waals surface area contributed by atoms with Crippen molar-refractivity contribution in [3.05, 3.63) is 0 Å². The van der Waals surface area contributed by atoms with Gasteiger partial charge in [-0.3, -0.25) is 9.59 Å². The molecule has 3 N–H and O–H groups in total. The zero-order valence-corrected chi connectivity index (χ0v) is 11.9. The number of rotatable bonds is 9. The largest absolute Gasteiger partial charge is 0.483 e. The molecule has 0 fully saturated rings. The first-order chi connectivity index (χ1) is 9.22. The van der Waals surface area contributed by atoms with Crippen LogP contribution < -0.4 is 5.32 Å². The third-order valence-corrected chi connectivity index (χ3v) is 2.10. The summed E-state index contributed by atoms with van der Waals surface area (Å²) in [6, 6.07) is 0. The highest BCUT2D eigenvalue weighted by molar-refractivity contribution is 5.75. The number of amides is 1. The Hall–Kier alpha value is -1.43. The van der Waals surface area contributed by atoms with Gasteiger partial charge in [0.15, 0.2) is 0 Å². The molecule has 0 aromatic carbocycles.